The van der Waals surface area contributed by atoms with Crippen molar-refractivity contribution in [2.45, 2.75) is 31.6 Å². The quantitative estimate of drug-likeness (QED) is 0.205. The molecule has 1 aromatic heterocycles. The number of piperazine rings is 1. The first-order valence-corrected chi connectivity index (χ1v) is 16.8. The molecule has 4 heterocycles. The number of piperidine rings is 1. The molecule has 0 unspecified atom stereocenters. The van der Waals surface area contributed by atoms with Crippen LogP contribution in [0.1, 0.15) is 18.4 Å². The summed E-state index contributed by atoms with van der Waals surface area (Å²) in [7, 11) is 5.07. The molecule has 2 aromatic carbocycles. The third kappa shape index (κ3) is 8.15. The number of nitrogens with one attached hydrogen (secondary N) is 2. The second-order valence-electron chi connectivity index (χ2n) is 12.9. The van der Waals surface area contributed by atoms with Gasteiger partial charge in [-0.25, -0.2) is 19.1 Å². The van der Waals surface area contributed by atoms with Gasteiger partial charge in [0, 0.05) is 50.0 Å². The van der Waals surface area contributed by atoms with Crippen LogP contribution in [0, 0.1) is 0 Å². The SMILES string of the molecule is C=C(F)C(=O)Nc1cc(Nc2ncc3c(n2)N(c2ccc(OC)cc2)C(=O)N(CC(F)(F)F)C3)c(OC)cc1N1CCN(C2CCN(C)CC2)CC1. The highest BCUT2D eigenvalue weighted by Gasteiger charge is 2.40. The minimum absolute atomic E-state index is 0.0145. The summed E-state index contributed by atoms with van der Waals surface area (Å²) in [6.45, 7) is 6.36. The maximum atomic E-state index is 14.0. The highest BCUT2D eigenvalue weighted by molar-refractivity contribution is 6.04. The van der Waals surface area contributed by atoms with Crippen LogP contribution < -0.4 is 29.9 Å². The number of carbonyl (C=O) groups excluding carboxylic acids is 2. The highest BCUT2D eigenvalue weighted by Crippen LogP contribution is 2.40. The number of rotatable bonds is 10. The van der Waals surface area contributed by atoms with E-state index in [1.165, 1.54) is 32.5 Å². The van der Waals surface area contributed by atoms with Crippen LogP contribution in [0.4, 0.5) is 56.9 Å². The molecule has 17 heteroatoms. The molecule has 0 spiro atoms. The number of nitrogens with zero attached hydrogens (tertiary/aromatic N) is 7. The van der Waals surface area contributed by atoms with E-state index in [1.54, 1.807) is 24.3 Å². The first-order valence-electron chi connectivity index (χ1n) is 16.8. The Morgan fingerprint density at radius 2 is 1.69 bits per heavy atom. The van der Waals surface area contributed by atoms with Crippen LogP contribution in [0.5, 0.6) is 11.5 Å². The summed E-state index contributed by atoms with van der Waals surface area (Å²) < 4.78 is 65.3. The van der Waals surface area contributed by atoms with Crippen molar-refractivity contribution in [1.82, 2.24) is 24.7 Å². The van der Waals surface area contributed by atoms with Crippen LogP contribution in [-0.4, -0.2) is 116 Å². The van der Waals surface area contributed by atoms with Crippen molar-refractivity contribution in [3.8, 4) is 11.5 Å². The molecular formula is C35H41F4N9O4. The number of hydrogen-bond acceptors (Lipinski definition) is 10. The van der Waals surface area contributed by atoms with E-state index in [2.05, 4.69) is 48.9 Å². The maximum Gasteiger partial charge on any atom is 0.406 e. The average Bonchev–Trinajstić information content (AvgIpc) is 3.12. The lowest BCUT2D eigenvalue weighted by atomic mass is 10.0. The smallest absolute Gasteiger partial charge is 0.406 e. The van der Waals surface area contributed by atoms with E-state index < -0.39 is 30.5 Å². The van der Waals surface area contributed by atoms with Gasteiger partial charge in [-0.3, -0.25) is 9.69 Å². The number of carbonyl (C=O) groups is 2. The van der Waals surface area contributed by atoms with Crippen LogP contribution >= 0.6 is 0 Å². The minimum Gasteiger partial charge on any atom is -0.497 e. The fourth-order valence-corrected chi connectivity index (χ4v) is 6.77. The van der Waals surface area contributed by atoms with Gasteiger partial charge in [0.1, 0.15) is 18.0 Å². The van der Waals surface area contributed by atoms with Gasteiger partial charge in [-0.2, -0.15) is 18.2 Å². The summed E-state index contributed by atoms with van der Waals surface area (Å²) in [6.07, 6.45) is -1.08. The predicted octanol–water partition coefficient (Wildman–Crippen LogP) is 5.51. The minimum atomic E-state index is -4.63. The summed E-state index contributed by atoms with van der Waals surface area (Å²) in [5.74, 6) is -1.27. The molecule has 0 saturated carbocycles. The summed E-state index contributed by atoms with van der Waals surface area (Å²) in [4.78, 5) is 43.7. The van der Waals surface area contributed by atoms with Gasteiger partial charge in [0.2, 0.25) is 5.95 Å². The molecule has 0 radical (unpaired) electrons. The molecule has 2 N–H and O–H groups in total. The van der Waals surface area contributed by atoms with Gasteiger partial charge in [0.05, 0.1) is 43.5 Å². The van der Waals surface area contributed by atoms with Crippen molar-refractivity contribution in [1.29, 1.82) is 0 Å². The first-order chi connectivity index (χ1) is 24.8. The fourth-order valence-electron chi connectivity index (χ4n) is 6.77. The zero-order valence-electron chi connectivity index (χ0n) is 29.2. The van der Waals surface area contributed by atoms with Gasteiger partial charge >= 0.3 is 12.2 Å². The van der Waals surface area contributed by atoms with Crippen LogP contribution in [0.3, 0.4) is 0 Å². The maximum absolute atomic E-state index is 14.0. The third-order valence-electron chi connectivity index (χ3n) is 9.50. The molecule has 3 amide bonds. The number of benzene rings is 2. The zero-order valence-corrected chi connectivity index (χ0v) is 29.2. The molecule has 0 atom stereocenters. The van der Waals surface area contributed by atoms with E-state index in [9.17, 15) is 27.2 Å². The Morgan fingerprint density at radius 1 is 1.00 bits per heavy atom. The number of fused-ring (bicyclic) bond motifs is 1. The molecule has 13 nitrogen and oxygen atoms in total. The van der Waals surface area contributed by atoms with Crippen LogP contribution in [0.2, 0.25) is 0 Å². The molecule has 278 valence electrons. The van der Waals surface area contributed by atoms with Gasteiger partial charge in [-0.1, -0.05) is 6.58 Å². The second-order valence-corrected chi connectivity index (χ2v) is 12.9. The summed E-state index contributed by atoms with van der Waals surface area (Å²) >= 11 is 0. The third-order valence-corrected chi connectivity index (χ3v) is 9.50. The Morgan fingerprint density at radius 3 is 2.31 bits per heavy atom. The molecule has 0 bridgehead atoms. The van der Waals surface area contributed by atoms with Crippen LogP contribution in [0.25, 0.3) is 0 Å². The summed E-state index contributed by atoms with van der Waals surface area (Å²) in [6, 6.07) is 9.11. The van der Waals surface area contributed by atoms with E-state index in [0.717, 1.165) is 43.9 Å². The standard InChI is InChI=1S/C35H41F4N9O4/c1-22(36)32(49)41-27-17-28(30(52-4)18-29(27)46-15-13-45(14-16-46)24-9-11-44(2)12-10-24)42-33-40-19-23-20-47(21-35(37,38)39)34(50)48(31(23)43-33)25-5-7-26(51-3)8-6-25/h5-8,17-19,24H,1,9-16,20-21H2,2-4H3,(H,41,49)(H,40,42,43). The van der Waals surface area contributed by atoms with Gasteiger partial charge in [0.15, 0.2) is 11.6 Å². The van der Waals surface area contributed by atoms with Gasteiger partial charge in [-0.05, 0) is 63.3 Å². The Hall–Kier alpha value is -5.16. The molecule has 0 aliphatic carbocycles. The average molecular weight is 728 g/mol. The molecule has 3 aliphatic rings. The van der Waals surface area contributed by atoms with Gasteiger partial charge in [0.25, 0.3) is 5.91 Å². The molecule has 52 heavy (non-hydrogen) atoms. The van der Waals surface area contributed by atoms with E-state index in [4.69, 9.17) is 9.47 Å². The van der Waals surface area contributed by atoms with Crippen molar-refractivity contribution in [3.63, 3.8) is 0 Å². The van der Waals surface area contributed by atoms with Crippen molar-refractivity contribution in [2.24, 2.45) is 0 Å². The van der Waals surface area contributed by atoms with Crippen molar-refractivity contribution >= 4 is 46.5 Å². The van der Waals surface area contributed by atoms with Crippen molar-refractivity contribution in [2.75, 3.05) is 87.5 Å². The van der Waals surface area contributed by atoms with Gasteiger partial charge < -0.3 is 34.8 Å². The predicted molar refractivity (Wildman–Crippen MR) is 188 cm³/mol. The molecule has 6 rings (SSSR count). The molecule has 3 aromatic rings. The number of urea groups is 1. The largest absolute Gasteiger partial charge is 0.497 e. The number of aromatic nitrogens is 2. The van der Waals surface area contributed by atoms with E-state index in [-0.39, 0.29) is 35.2 Å². The summed E-state index contributed by atoms with van der Waals surface area (Å²) in [5, 5.41) is 5.67. The Balaban J connectivity index is 1.31. The Labute approximate surface area is 298 Å². The van der Waals surface area contributed by atoms with Crippen LogP contribution in [0.15, 0.2) is 55.0 Å². The van der Waals surface area contributed by atoms with Gasteiger partial charge in [-0.15, -0.1) is 0 Å². The number of anilines is 6. The van der Waals surface area contributed by atoms with E-state index >= 15 is 0 Å². The fraction of sp³-hybridized carbons (Fsp3) is 0.429. The van der Waals surface area contributed by atoms with Crippen molar-refractivity contribution < 1.29 is 36.6 Å². The first kappa shape index (κ1) is 36.6. The normalized spacial score (nSPS) is 17.5. The number of likely N-dealkylation sites (tertiary alicyclic amines) is 1. The molecular weight excluding hydrogens is 686 g/mol. The molecule has 3 aliphatic heterocycles. The number of ether oxygens (including phenoxy) is 2. The lowest BCUT2D eigenvalue weighted by Crippen LogP contribution is -2.53. The second kappa shape index (κ2) is 15.2. The highest BCUT2D eigenvalue weighted by atomic mass is 19.4. The molecule has 2 fully saturated rings. The number of halogens is 4. The number of hydrogen-bond donors (Lipinski definition) is 2. The zero-order chi connectivity index (χ0) is 37.2. The monoisotopic (exact) mass is 727 g/mol. The number of amides is 3. The van der Waals surface area contributed by atoms with Crippen LogP contribution in [-0.2, 0) is 11.3 Å². The van der Waals surface area contributed by atoms with Crippen molar-refractivity contribution in [3.05, 3.63) is 60.6 Å². The number of methoxy groups -OCH3 is 2. The van der Waals surface area contributed by atoms with E-state index in [1.807, 2.05) is 0 Å². The van der Waals surface area contributed by atoms with E-state index in [0.29, 0.717) is 46.9 Å². The lowest BCUT2D eigenvalue weighted by molar-refractivity contribution is -0.140. The topological polar surface area (TPSA) is 119 Å². The molecule has 2 saturated heterocycles. The Kier molecular flexibility index (Phi) is 10.7. The summed E-state index contributed by atoms with van der Waals surface area (Å²) in [5.41, 5.74) is 1.75. The lowest BCUT2D eigenvalue weighted by Gasteiger charge is -2.43. The number of alkyl halides is 3. The Bertz CT molecular complexity index is 1790.